The third-order valence-electron chi connectivity index (χ3n) is 3.11. The van der Waals surface area contributed by atoms with Crippen LogP contribution in [-0.4, -0.2) is 40.6 Å². The number of nitrogens with zero attached hydrogens (tertiary/aromatic N) is 3. The van der Waals surface area contributed by atoms with Gasteiger partial charge in [-0.05, 0) is 20.8 Å². The highest BCUT2D eigenvalue weighted by molar-refractivity contribution is 6.29. The number of aryl methyl sites for hydroxylation is 1. The Morgan fingerprint density at radius 3 is 2.78 bits per heavy atom. The minimum absolute atomic E-state index is 0.136. The summed E-state index contributed by atoms with van der Waals surface area (Å²) in [7, 11) is 0. The molecule has 0 aromatic carbocycles. The maximum absolute atomic E-state index is 13.4. The zero-order chi connectivity index (χ0) is 13.3. The van der Waals surface area contributed by atoms with Gasteiger partial charge in [-0.25, -0.2) is 14.4 Å². The van der Waals surface area contributed by atoms with E-state index in [4.69, 9.17) is 16.3 Å². The van der Waals surface area contributed by atoms with Crippen molar-refractivity contribution in [3.63, 3.8) is 0 Å². The van der Waals surface area contributed by atoms with Crippen molar-refractivity contribution in [2.24, 2.45) is 0 Å². The van der Waals surface area contributed by atoms with Gasteiger partial charge in [0, 0.05) is 19.1 Å². The molecule has 0 aliphatic carbocycles. The second-order valence-corrected chi connectivity index (χ2v) is 5.08. The van der Waals surface area contributed by atoms with E-state index >= 15 is 0 Å². The van der Waals surface area contributed by atoms with Crippen molar-refractivity contribution in [3.05, 3.63) is 22.5 Å². The fourth-order valence-corrected chi connectivity index (χ4v) is 2.21. The van der Waals surface area contributed by atoms with Crippen LogP contribution in [-0.2, 0) is 4.74 Å². The van der Waals surface area contributed by atoms with Gasteiger partial charge in [0.15, 0.2) is 16.8 Å². The molecule has 2 rings (SSSR count). The molecule has 0 bridgehead atoms. The lowest BCUT2D eigenvalue weighted by Crippen LogP contribution is -2.42. The number of aromatic nitrogens is 2. The summed E-state index contributed by atoms with van der Waals surface area (Å²) in [4.78, 5) is 10.4. The first-order chi connectivity index (χ1) is 8.49. The molecule has 100 valence electrons. The van der Waals surface area contributed by atoms with Crippen molar-refractivity contribution in [1.29, 1.82) is 0 Å². The highest BCUT2D eigenvalue weighted by Crippen LogP contribution is 2.23. The van der Waals surface area contributed by atoms with E-state index < -0.39 is 5.82 Å². The quantitative estimate of drug-likeness (QED) is 0.776. The molecular formula is C12H17ClFN3O. The van der Waals surface area contributed by atoms with Crippen LogP contribution in [0.2, 0.25) is 5.15 Å². The summed E-state index contributed by atoms with van der Waals surface area (Å²) >= 11 is 5.74. The summed E-state index contributed by atoms with van der Waals surface area (Å²) in [5.41, 5.74) is 0.260. The van der Waals surface area contributed by atoms with Gasteiger partial charge in [0.2, 0.25) is 0 Å². The van der Waals surface area contributed by atoms with E-state index in [9.17, 15) is 4.39 Å². The molecule has 4 nitrogen and oxygen atoms in total. The Morgan fingerprint density at radius 2 is 2.17 bits per heavy atom. The van der Waals surface area contributed by atoms with Gasteiger partial charge in [-0.2, -0.15) is 0 Å². The number of ether oxygens (including phenoxy) is 1. The Bertz CT molecular complexity index is 418. The monoisotopic (exact) mass is 273 g/mol. The topological polar surface area (TPSA) is 38.2 Å². The van der Waals surface area contributed by atoms with Crippen LogP contribution in [0.3, 0.4) is 0 Å². The second-order valence-electron chi connectivity index (χ2n) is 4.72. The lowest BCUT2D eigenvalue weighted by atomic mass is 10.2. The largest absolute Gasteiger partial charge is 0.368 e. The molecule has 0 amide bonds. The van der Waals surface area contributed by atoms with Crippen molar-refractivity contribution in [2.45, 2.75) is 32.9 Å². The summed E-state index contributed by atoms with van der Waals surface area (Å²) in [6.07, 6.45) is -0.238. The molecular weight excluding hydrogens is 257 g/mol. The molecule has 1 aromatic rings. The van der Waals surface area contributed by atoms with Gasteiger partial charge in [-0.1, -0.05) is 11.6 Å². The summed E-state index contributed by atoms with van der Waals surface area (Å²) in [5, 5.41) is -0.136. The summed E-state index contributed by atoms with van der Waals surface area (Å²) in [6, 6.07) is 0.438. The summed E-state index contributed by atoms with van der Waals surface area (Å²) in [6.45, 7) is 8.06. The molecule has 1 aliphatic heterocycles. The predicted octanol–water partition coefficient (Wildman–Crippen LogP) is 2.36. The Morgan fingerprint density at radius 1 is 1.44 bits per heavy atom. The Balaban J connectivity index is 2.21. The molecule has 0 radical (unpaired) electrons. The molecule has 6 heteroatoms. The van der Waals surface area contributed by atoms with Crippen molar-refractivity contribution in [3.8, 4) is 0 Å². The van der Waals surface area contributed by atoms with Gasteiger partial charge in [-0.15, -0.1) is 0 Å². The Kier molecular flexibility index (Phi) is 4.14. The van der Waals surface area contributed by atoms with Crippen LogP contribution in [0.25, 0.3) is 0 Å². The van der Waals surface area contributed by atoms with E-state index in [1.54, 1.807) is 6.92 Å². The average molecular weight is 274 g/mol. The zero-order valence-corrected chi connectivity index (χ0v) is 11.5. The summed E-state index contributed by atoms with van der Waals surface area (Å²) in [5.74, 6) is -0.0961. The number of hydrogen-bond acceptors (Lipinski definition) is 4. The first-order valence-electron chi connectivity index (χ1n) is 6.04. The molecule has 1 fully saturated rings. The molecule has 18 heavy (non-hydrogen) atoms. The van der Waals surface area contributed by atoms with Crippen molar-refractivity contribution >= 4 is 11.6 Å². The predicted molar refractivity (Wildman–Crippen MR) is 67.1 cm³/mol. The van der Waals surface area contributed by atoms with E-state index in [0.29, 0.717) is 25.0 Å². The van der Waals surface area contributed by atoms with Crippen molar-refractivity contribution in [2.75, 3.05) is 19.7 Å². The molecule has 2 heterocycles. The minimum atomic E-state index is -0.558. The highest BCUT2D eigenvalue weighted by atomic mass is 35.5. The Labute approximate surface area is 111 Å². The number of morpholine rings is 1. The van der Waals surface area contributed by atoms with Crippen LogP contribution < -0.4 is 0 Å². The highest BCUT2D eigenvalue weighted by Gasteiger charge is 2.26. The first-order valence-corrected chi connectivity index (χ1v) is 6.42. The van der Waals surface area contributed by atoms with Crippen LogP contribution in [0.4, 0.5) is 4.39 Å². The van der Waals surface area contributed by atoms with E-state index in [-0.39, 0.29) is 17.0 Å². The fraction of sp³-hybridized carbons (Fsp3) is 0.667. The van der Waals surface area contributed by atoms with Gasteiger partial charge in [0.1, 0.15) is 6.10 Å². The standard InChI is InChI=1S/C12H17ClFN3O/c1-7(2)17-4-5-18-9(6-17)12-15-8(3)10(14)11(13)16-12/h7,9H,4-6H2,1-3H3. The minimum Gasteiger partial charge on any atom is -0.368 e. The third kappa shape index (κ3) is 2.79. The first kappa shape index (κ1) is 13.6. The second kappa shape index (κ2) is 5.47. The van der Waals surface area contributed by atoms with E-state index in [1.807, 2.05) is 0 Å². The van der Waals surface area contributed by atoms with Gasteiger partial charge in [0.25, 0.3) is 0 Å². The maximum atomic E-state index is 13.4. The molecule has 1 saturated heterocycles. The summed E-state index contributed by atoms with van der Waals surface area (Å²) < 4.78 is 19.0. The number of rotatable bonds is 2. The normalized spacial score (nSPS) is 21.6. The smallest absolute Gasteiger partial charge is 0.181 e. The van der Waals surface area contributed by atoms with E-state index in [2.05, 4.69) is 28.7 Å². The fourth-order valence-electron chi connectivity index (χ4n) is 1.98. The lowest BCUT2D eigenvalue weighted by Gasteiger charge is -2.34. The molecule has 1 atom stereocenters. The molecule has 0 N–H and O–H groups in total. The van der Waals surface area contributed by atoms with Crippen LogP contribution >= 0.6 is 11.6 Å². The molecule has 1 unspecified atom stereocenters. The number of hydrogen-bond donors (Lipinski definition) is 0. The maximum Gasteiger partial charge on any atom is 0.181 e. The van der Waals surface area contributed by atoms with Crippen molar-refractivity contribution in [1.82, 2.24) is 14.9 Å². The lowest BCUT2D eigenvalue weighted by molar-refractivity contribution is -0.0444. The van der Waals surface area contributed by atoms with E-state index in [1.165, 1.54) is 0 Å². The van der Waals surface area contributed by atoms with Gasteiger partial charge < -0.3 is 4.74 Å². The van der Waals surface area contributed by atoms with Crippen molar-refractivity contribution < 1.29 is 9.13 Å². The van der Waals surface area contributed by atoms with Crippen LogP contribution in [0, 0.1) is 12.7 Å². The SMILES string of the molecule is Cc1nc(C2CN(C(C)C)CCO2)nc(Cl)c1F. The third-order valence-corrected chi connectivity index (χ3v) is 3.36. The van der Waals surface area contributed by atoms with Gasteiger partial charge >= 0.3 is 0 Å². The van der Waals surface area contributed by atoms with Crippen LogP contribution in [0.1, 0.15) is 31.5 Å². The number of halogens is 2. The molecule has 0 saturated carbocycles. The molecule has 1 aromatic heterocycles. The Hall–Kier alpha value is -0.780. The van der Waals surface area contributed by atoms with E-state index in [0.717, 1.165) is 6.54 Å². The average Bonchev–Trinajstić information content (AvgIpc) is 2.35. The van der Waals surface area contributed by atoms with Gasteiger partial charge in [0.05, 0.1) is 12.3 Å². The molecule has 0 spiro atoms. The van der Waals surface area contributed by atoms with Gasteiger partial charge in [-0.3, -0.25) is 4.90 Å². The van der Waals surface area contributed by atoms with Crippen LogP contribution in [0.5, 0.6) is 0 Å². The zero-order valence-electron chi connectivity index (χ0n) is 10.8. The van der Waals surface area contributed by atoms with Crippen LogP contribution in [0.15, 0.2) is 0 Å². The molecule has 1 aliphatic rings.